The van der Waals surface area contributed by atoms with E-state index in [1.807, 2.05) is 0 Å². The molecule has 0 unspecified atom stereocenters. The number of anilines is 1. The zero-order valence-corrected chi connectivity index (χ0v) is 57.7. The molecule has 19 N–H and O–H groups in total. The van der Waals surface area contributed by atoms with Crippen LogP contribution < -0.4 is 44.3 Å². The van der Waals surface area contributed by atoms with Crippen molar-refractivity contribution >= 4 is 113 Å². The van der Waals surface area contributed by atoms with Gasteiger partial charge in [-0.25, -0.2) is 32.2 Å². The maximum Gasteiger partial charge on any atom is 1.00 e. The standard InChI is InChI=1S/C9H8N2O2S.C8H9N5O4S2.C8H8N4O3S.C8H6N2O3S.C7H5ClN4O2S.C7H6N4O5S2.Na/c12-6-1-2-8(13)7(5-6)11-4-3-10-9(11)14;1-19(16,17)10-4-2-7(15)5(3-6(4)14)13-8(18)9-11-12-13;1-15-6-3-4(2-5(13)7(6)14)12-8(16)9-10-11-12;11-4-1-2-6(12)5(3-4)7-9-10-8(14)13-7;8-3-1-6(14)4(2-5(3)13)12-7(15)9-10-11-12;12-4-2-6(18-16-15-14)5(13)1-3(4)11-7(17)8-9-10-11;/h1-5,12-13H,(H,10,14);2-3,10,14-15H,1H3,(H,9,12,18);2-3,13-14H,1H3,(H,9,11,16);1-3,11-12H,(H,10,14);1-2,13-14H,(H,9,11,15);1-2,12-14H,(H,8,10,17);/q;;;;;;+1/p-1. The van der Waals surface area contributed by atoms with Crippen LogP contribution in [0.3, 0.4) is 0 Å². The molecule has 12 aromatic rings. The van der Waals surface area contributed by atoms with E-state index >= 15 is 0 Å². The van der Waals surface area contributed by atoms with Gasteiger partial charge in [0.05, 0.1) is 58.0 Å². The predicted molar refractivity (Wildman–Crippen MR) is 342 cm³/mol. The zero-order chi connectivity index (χ0) is 70.3. The van der Waals surface area contributed by atoms with E-state index in [0.717, 1.165) is 29.1 Å². The molecule has 50 heteroatoms. The molecule has 504 valence electrons. The van der Waals surface area contributed by atoms with Gasteiger partial charge < -0.3 is 80.7 Å². The summed E-state index contributed by atoms with van der Waals surface area (Å²) in [6, 6.07) is 18.1. The number of sulfonamides is 1. The van der Waals surface area contributed by atoms with Crippen molar-refractivity contribution in [2.75, 3.05) is 18.1 Å². The molecule has 0 saturated heterocycles. The van der Waals surface area contributed by atoms with Gasteiger partial charge in [0, 0.05) is 67.0 Å². The van der Waals surface area contributed by atoms with E-state index in [0.29, 0.717) is 28.2 Å². The van der Waals surface area contributed by atoms with Gasteiger partial charge in [0.25, 0.3) is 4.84 Å². The third kappa shape index (κ3) is 20.0. The molecule has 0 radical (unpaired) electrons. The minimum atomic E-state index is -3.57. The van der Waals surface area contributed by atoms with Crippen molar-refractivity contribution in [3.63, 3.8) is 0 Å². The quantitative estimate of drug-likeness (QED) is 0.0159. The first-order valence-corrected chi connectivity index (χ1v) is 30.4. The molecule has 6 heterocycles. The van der Waals surface area contributed by atoms with Crippen LogP contribution >= 0.6 is 97.0 Å². The molecular formula is C47H41ClN21NaO19S8. The molecule has 0 fully saturated rings. The first kappa shape index (κ1) is 76.0. The summed E-state index contributed by atoms with van der Waals surface area (Å²) in [7, 11) is -2.19. The molecule has 6 aromatic carbocycles. The van der Waals surface area contributed by atoms with Gasteiger partial charge in [-0.15, -0.1) is 5.10 Å². The minimum Gasteiger partial charge on any atom is -0.691 e. The number of aromatic hydroxyl groups is 12. The monoisotopic (exact) mass is 1520 g/mol. The van der Waals surface area contributed by atoms with Gasteiger partial charge in [-0.05, 0) is 104 Å². The number of nitrogens with one attached hydrogen (secondary N) is 7. The molecule has 0 amide bonds. The smallest absolute Gasteiger partial charge is 0.691 e. The van der Waals surface area contributed by atoms with Crippen LogP contribution in [0, 0.1) is 28.7 Å². The normalized spacial score (nSPS) is 10.5. The molecule has 40 nitrogen and oxygen atoms in total. The Labute approximate surface area is 600 Å². The Morgan fingerprint density at radius 2 is 1.09 bits per heavy atom. The first-order chi connectivity index (χ1) is 45.5. The predicted octanol–water partition coefficient (Wildman–Crippen LogP) is 2.97. The summed E-state index contributed by atoms with van der Waals surface area (Å²) >= 11 is 35.1. The van der Waals surface area contributed by atoms with E-state index < -0.39 is 10.0 Å². The van der Waals surface area contributed by atoms with Crippen molar-refractivity contribution in [2.24, 2.45) is 0 Å². The topological polar surface area (TPSA) is 588 Å². The SMILES string of the molecule is COc1cc(-n2[nH]nnc2=S)cc(O)c1O.CS(=O)(=O)Nc1cc(O)c(-n2[nH]nnc2=S)cc1O.Oc1cc(-n2[nH]nnc2=S)c(O)cc1Cl.Oc1ccc(O)c(-c2n[nH]c(=S)o2)c1.Oc1ccc(O)c(-n2cc[nH]c2=S)c1.[Na+].[O-]OOSc1cc(O)c(-n2[nH]nnc2=S)cc1O. The third-order valence-electron chi connectivity index (χ3n) is 11.3. The maximum absolute atomic E-state index is 11.1. The van der Waals surface area contributed by atoms with Gasteiger partial charge >= 0.3 is 29.6 Å². The average Bonchev–Trinajstić information content (AvgIpc) is 1.72. The number of phenolic OH excluding ortho intramolecular Hbond substituents is 12. The Hall–Kier alpha value is -10.1. The Bertz CT molecular complexity index is 5220. The van der Waals surface area contributed by atoms with E-state index in [2.05, 4.69) is 104 Å². The third-order valence-corrected chi connectivity index (χ3v) is 14.4. The summed E-state index contributed by atoms with van der Waals surface area (Å²) < 4.78 is 45.5. The molecule has 0 atom stereocenters. The molecule has 12 rings (SSSR count). The van der Waals surface area contributed by atoms with Crippen LogP contribution in [0.2, 0.25) is 5.02 Å². The van der Waals surface area contributed by atoms with Gasteiger partial charge in [-0.2, -0.15) is 25.2 Å². The summed E-state index contributed by atoms with van der Waals surface area (Å²) in [5, 5.41) is 171. The van der Waals surface area contributed by atoms with Crippen LogP contribution in [0.15, 0.2) is 107 Å². The number of imidazole rings is 1. The second kappa shape index (κ2) is 34.1. The number of methoxy groups -OCH3 is 1. The van der Waals surface area contributed by atoms with Crippen molar-refractivity contribution in [2.45, 2.75) is 4.90 Å². The van der Waals surface area contributed by atoms with E-state index in [4.69, 9.17) is 81.8 Å². The molecule has 0 saturated carbocycles. The second-order valence-electron chi connectivity index (χ2n) is 17.7. The number of aromatic amines is 6. The number of halogens is 1. The summed E-state index contributed by atoms with van der Waals surface area (Å²) in [6.07, 6.45) is 4.26. The van der Waals surface area contributed by atoms with Crippen molar-refractivity contribution in [1.29, 1.82) is 0 Å². The molecule has 97 heavy (non-hydrogen) atoms. The van der Waals surface area contributed by atoms with Gasteiger partial charge in [-0.1, -0.05) is 52.8 Å². The number of benzene rings is 6. The Morgan fingerprint density at radius 3 is 1.58 bits per heavy atom. The number of tetrazole rings is 4. The van der Waals surface area contributed by atoms with Crippen LogP contribution in [0.25, 0.3) is 39.9 Å². The molecular weight excluding hydrogens is 1480 g/mol. The Kier molecular flexibility index (Phi) is 26.7. The summed E-state index contributed by atoms with van der Waals surface area (Å²) in [6.45, 7) is 0. The van der Waals surface area contributed by atoms with Gasteiger partial charge in [0.1, 0.15) is 74.6 Å². The number of hydrogen-bond donors (Lipinski definition) is 19. The van der Waals surface area contributed by atoms with Crippen molar-refractivity contribution in [3.05, 3.63) is 131 Å². The second-order valence-corrected chi connectivity index (χ2v) is 22.8. The van der Waals surface area contributed by atoms with E-state index in [1.54, 1.807) is 17.0 Å². The van der Waals surface area contributed by atoms with Gasteiger partial charge in [-0.3, -0.25) is 14.3 Å². The molecule has 0 aliphatic heterocycles. The number of nitrogens with zero attached hydrogens (tertiary/aromatic N) is 14. The fourth-order valence-electron chi connectivity index (χ4n) is 7.14. The Balaban J connectivity index is 0.000000184. The fraction of sp³-hybridized carbons (Fsp3) is 0.0426. The molecule has 0 spiro atoms. The van der Waals surface area contributed by atoms with Crippen LogP contribution in [0.1, 0.15) is 0 Å². The molecule has 6 aromatic heterocycles. The van der Waals surface area contributed by atoms with Crippen LogP contribution in [-0.2, 0) is 19.4 Å². The average molecular weight is 1520 g/mol. The zero-order valence-electron chi connectivity index (χ0n) is 48.4. The number of phenols is 12. The number of ether oxygens (including phenoxy) is 1. The van der Waals surface area contributed by atoms with Crippen molar-refractivity contribution in [1.82, 2.24) is 101 Å². The summed E-state index contributed by atoms with van der Waals surface area (Å²) in [5.74, 6) is -1.71. The molecule has 0 bridgehead atoms. The van der Waals surface area contributed by atoms with Crippen LogP contribution in [0.4, 0.5) is 5.69 Å². The van der Waals surface area contributed by atoms with Gasteiger partial charge in [0.15, 0.2) is 16.3 Å². The number of rotatable bonds is 12. The van der Waals surface area contributed by atoms with Crippen LogP contribution in [0.5, 0.6) is 74.7 Å². The van der Waals surface area contributed by atoms with Crippen molar-refractivity contribution in [3.8, 4) is 115 Å². The summed E-state index contributed by atoms with van der Waals surface area (Å²) in [4.78, 5) is 3.00. The minimum absolute atomic E-state index is 0. The van der Waals surface area contributed by atoms with E-state index in [1.165, 1.54) is 87.9 Å². The molecule has 0 aliphatic carbocycles. The number of H-pyrrole nitrogens is 6. The maximum atomic E-state index is 11.1. The van der Waals surface area contributed by atoms with E-state index in [9.17, 15) is 75.0 Å². The van der Waals surface area contributed by atoms with Gasteiger partial charge in [0.2, 0.25) is 40.7 Å². The largest absolute Gasteiger partial charge is 1.00 e. The Morgan fingerprint density at radius 1 is 0.588 bits per heavy atom. The fourth-order valence-corrected chi connectivity index (χ4v) is 9.34. The number of aromatic nitrogens is 20. The van der Waals surface area contributed by atoms with E-state index in [-0.39, 0.29) is 172 Å². The number of hydrogen-bond acceptors (Lipinski definition) is 35. The first-order valence-electron chi connectivity index (χ1n) is 24.9. The summed E-state index contributed by atoms with van der Waals surface area (Å²) in [5.41, 5.74) is 1.52. The van der Waals surface area contributed by atoms with Crippen molar-refractivity contribution < 1.29 is 123 Å². The van der Waals surface area contributed by atoms with Crippen LogP contribution in [-0.4, -0.2) is 184 Å². The molecule has 0 aliphatic rings.